The van der Waals surface area contributed by atoms with Gasteiger partial charge in [0.05, 0.1) is 12.5 Å². The number of H-pyrrole nitrogens is 1. The van der Waals surface area contributed by atoms with Crippen LogP contribution in [-0.2, 0) is 13.6 Å². The number of rotatable bonds is 5. The number of nitrogens with zero attached hydrogens (tertiary/aromatic N) is 3. The number of aryl methyl sites for hydroxylation is 1. The van der Waals surface area contributed by atoms with Crippen molar-refractivity contribution in [3.05, 3.63) is 60.3 Å². The van der Waals surface area contributed by atoms with Crippen LogP contribution in [-0.4, -0.2) is 19.7 Å². The van der Waals surface area contributed by atoms with Crippen LogP contribution in [0.3, 0.4) is 0 Å². The highest BCUT2D eigenvalue weighted by Gasteiger charge is 2.20. The van der Waals surface area contributed by atoms with Crippen molar-refractivity contribution >= 4 is 0 Å². The predicted molar refractivity (Wildman–Crippen MR) is 69.2 cm³/mol. The van der Waals surface area contributed by atoms with Crippen molar-refractivity contribution in [2.24, 2.45) is 7.05 Å². The number of imidazole rings is 1. The molecule has 0 aliphatic rings. The third kappa shape index (κ3) is 2.43. The Labute approximate surface area is 110 Å². The van der Waals surface area contributed by atoms with Crippen LogP contribution in [0.1, 0.15) is 23.2 Å². The first-order chi connectivity index (χ1) is 9.34. The Morgan fingerprint density at radius 2 is 2.47 bits per heavy atom. The zero-order valence-electron chi connectivity index (χ0n) is 10.6. The second kappa shape index (κ2) is 5.11. The zero-order valence-corrected chi connectivity index (χ0v) is 10.6. The number of nitrogens with one attached hydrogen (secondary N) is 2. The molecule has 19 heavy (non-hydrogen) atoms. The van der Waals surface area contributed by atoms with Crippen molar-refractivity contribution in [3.63, 3.8) is 0 Å². The van der Waals surface area contributed by atoms with Crippen LogP contribution in [0.4, 0.5) is 0 Å². The summed E-state index contributed by atoms with van der Waals surface area (Å²) in [4.78, 5) is 4.39. The van der Waals surface area contributed by atoms with Gasteiger partial charge in [0.15, 0.2) is 0 Å². The van der Waals surface area contributed by atoms with Gasteiger partial charge in [0.25, 0.3) is 0 Å². The van der Waals surface area contributed by atoms with Crippen molar-refractivity contribution in [2.45, 2.75) is 12.6 Å². The van der Waals surface area contributed by atoms with Gasteiger partial charge in [-0.2, -0.15) is 5.10 Å². The molecule has 0 bridgehead atoms. The molecule has 1 atom stereocenters. The Kier molecular flexibility index (Phi) is 3.16. The molecule has 0 spiro atoms. The second-order valence-corrected chi connectivity index (χ2v) is 4.33. The van der Waals surface area contributed by atoms with E-state index >= 15 is 0 Å². The molecule has 0 amide bonds. The average Bonchev–Trinajstić information content (AvgIpc) is 3.13. The van der Waals surface area contributed by atoms with E-state index in [2.05, 4.69) is 20.5 Å². The summed E-state index contributed by atoms with van der Waals surface area (Å²) in [5, 5.41) is 10.2. The van der Waals surface area contributed by atoms with Crippen LogP contribution >= 0.6 is 0 Å². The van der Waals surface area contributed by atoms with Crippen LogP contribution < -0.4 is 5.32 Å². The summed E-state index contributed by atoms with van der Waals surface area (Å²) in [5.74, 6) is 1.76. The summed E-state index contributed by atoms with van der Waals surface area (Å²) >= 11 is 0. The maximum Gasteiger partial charge on any atom is 0.133 e. The lowest BCUT2D eigenvalue weighted by Gasteiger charge is -2.16. The summed E-state index contributed by atoms with van der Waals surface area (Å²) in [6.45, 7) is 0.689. The van der Waals surface area contributed by atoms with Crippen molar-refractivity contribution in [2.75, 3.05) is 0 Å². The molecule has 3 aromatic rings. The lowest BCUT2D eigenvalue weighted by molar-refractivity contribution is 0.429. The van der Waals surface area contributed by atoms with Gasteiger partial charge in [0, 0.05) is 37.7 Å². The van der Waals surface area contributed by atoms with E-state index < -0.39 is 0 Å². The molecule has 98 valence electrons. The van der Waals surface area contributed by atoms with Gasteiger partial charge in [-0.1, -0.05) is 0 Å². The van der Waals surface area contributed by atoms with E-state index in [0.717, 1.165) is 17.1 Å². The summed E-state index contributed by atoms with van der Waals surface area (Å²) in [5.41, 5.74) is 1.09. The van der Waals surface area contributed by atoms with E-state index in [-0.39, 0.29) is 6.04 Å². The van der Waals surface area contributed by atoms with Crippen molar-refractivity contribution in [1.29, 1.82) is 0 Å². The van der Waals surface area contributed by atoms with Crippen LogP contribution in [0, 0.1) is 0 Å². The van der Waals surface area contributed by atoms with Gasteiger partial charge in [-0.15, -0.1) is 0 Å². The largest absolute Gasteiger partial charge is 0.467 e. The van der Waals surface area contributed by atoms with Gasteiger partial charge < -0.3 is 8.98 Å². The standard InChI is InChI=1S/C13H15N5O/c1-18-5-4-14-13(18)12(11-3-2-6-19-11)15-7-10-8-16-17-9-10/h2-6,8-9,12,15H,7H2,1H3,(H,16,17). The molecule has 0 saturated carbocycles. The maximum atomic E-state index is 5.51. The summed E-state index contributed by atoms with van der Waals surface area (Å²) in [6, 6.07) is 3.75. The van der Waals surface area contributed by atoms with Crippen molar-refractivity contribution in [3.8, 4) is 0 Å². The molecule has 0 aromatic carbocycles. The van der Waals surface area contributed by atoms with E-state index in [4.69, 9.17) is 4.42 Å². The SMILES string of the molecule is Cn1ccnc1C(NCc1cn[nH]c1)c1ccco1. The number of aromatic amines is 1. The molecule has 0 aliphatic heterocycles. The van der Waals surface area contributed by atoms with Gasteiger partial charge in [0.1, 0.15) is 17.6 Å². The monoisotopic (exact) mass is 257 g/mol. The Morgan fingerprint density at radius 1 is 1.53 bits per heavy atom. The maximum absolute atomic E-state index is 5.51. The normalized spacial score (nSPS) is 12.7. The molecular formula is C13H15N5O. The Balaban J connectivity index is 1.83. The van der Waals surface area contributed by atoms with E-state index in [1.807, 2.05) is 36.1 Å². The highest BCUT2D eigenvalue weighted by molar-refractivity contribution is 5.16. The smallest absolute Gasteiger partial charge is 0.133 e. The highest BCUT2D eigenvalue weighted by atomic mass is 16.3. The van der Waals surface area contributed by atoms with Gasteiger partial charge in [-0.05, 0) is 12.1 Å². The lowest BCUT2D eigenvalue weighted by atomic mass is 10.2. The summed E-state index contributed by atoms with van der Waals surface area (Å²) in [6.07, 6.45) is 9.04. The summed E-state index contributed by atoms with van der Waals surface area (Å²) in [7, 11) is 1.97. The van der Waals surface area contributed by atoms with Gasteiger partial charge in [-0.3, -0.25) is 10.4 Å². The molecule has 3 aromatic heterocycles. The number of hydrogen-bond acceptors (Lipinski definition) is 4. The fourth-order valence-electron chi connectivity index (χ4n) is 2.02. The first-order valence-electron chi connectivity index (χ1n) is 6.06. The molecular weight excluding hydrogens is 242 g/mol. The molecule has 0 radical (unpaired) electrons. The Morgan fingerprint density at radius 3 is 3.11 bits per heavy atom. The first kappa shape index (κ1) is 11.7. The minimum Gasteiger partial charge on any atom is -0.467 e. The molecule has 6 nitrogen and oxygen atoms in total. The topological polar surface area (TPSA) is 71.7 Å². The fourth-order valence-corrected chi connectivity index (χ4v) is 2.02. The molecule has 0 aliphatic carbocycles. The van der Waals surface area contributed by atoms with Crippen LogP contribution in [0.2, 0.25) is 0 Å². The number of aromatic nitrogens is 4. The third-order valence-corrected chi connectivity index (χ3v) is 3.01. The molecule has 0 fully saturated rings. The Bertz CT molecular complexity index is 611. The average molecular weight is 257 g/mol. The minimum atomic E-state index is -0.0788. The highest BCUT2D eigenvalue weighted by Crippen LogP contribution is 2.21. The zero-order chi connectivity index (χ0) is 13.1. The van der Waals surface area contributed by atoms with Crippen molar-refractivity contribution < 1.29 is 4.42 Å². The quantitative estimate of drug-likeness (QED) is 0.728. The van der Waals surface area contributed by atoms with Crippen molar-refractivity contribution in [1.82, 2.24) is 25.1 Å². The minimum absolute atomic E-state index is 0.0788. The molecule has 3 rings (SSSR count). The third-order valence-electron chi connectivity index (χ3n) is 3.01. The number of furan rings is 1. The van der Waals surface area contributed by atoms with Crippen LogP contribution in [0.25, 0.3) is 0 Å². The summed E-state index contributed by atoms with van der Waals surface area (Å²) < 4.78 is 7.49. The van der Waals surface area contributed by atoms with E-state index in [0.29, 0.717) is 6.54 Å². The first-order valence-corrected chi connectivity index (χ1v) is 6.06. The van der Waals surface area contributed by atoms with E-state index in [9.17, 15) is 0 Å². The molecule has 6 heteroatoms. The molecule has 0 saturated heterocycles. The van der Waals surface area contributed by atoms with E-state index in [1.54, 1.807) is 18.7 Å². The second-order valence-electron chi connectivity index (χ2n) is 4.33. The fraction of sp³-hybridized carbons (Fsp3) is 0.231. The predicted octanol–water partition coefficient (Wildman–Crippen LogP) is 1.62. The van der Waals surface area contributed by atoms with Gasteiger partial charge >= 0.3 is 0 Å². The van der Waals surface area contributed by atoms with Crippen LogP contribution in [0.5, 0.6) is 0 Å². The molecule has 2 N–H and O–H groups in total. The lowest BCUT2D eigenvalue weighted by Crippen LogP contribution is -2.24. The Hall–Kier alpha value is -2.34. The number of hydrogen-bond donors (Lipinski definition) is 2. The molecule has 1 unspecified atom stereocenters. The molecule has 3 heterocycles. The van der Waals surface area contributed by atoms with E-state index in [1.165, 1.54) is 0 Å². The van der Waals surface area contributed by atoms with Crippen LogP contribution in [0.15, 0.2) is 47.6 Å². The van der Waals surface area contributed by atoms with Gasteiger partial charge in [0.2, 0.25) is 0 Å². The van der Waals surface area contributed by atoms with Gasteiger partial charge in [-0.25, -0.2) is 4.98 Å².